The highest BCUT2D eigenvalue weighted by molar-refractivity contribution is 8.85. The normalized spacial score (nSPS) is 25.0. The molecule has 0 saturated carbocycles. The molecule has 0 aliphatic carbocycles. The number of hydrogen-bond acceptors (Lipinski definition) is 5. The molecule has 78 valence electrons. The Bertz CT molecular complexity index is 409. The Labute approximate surface area is 101 Å². The van der Waals surface area contributed by atoms with Gasteiger partial charge in [0.15, 0.2) is 0 Å². The second-order valence-electron chi connectivity index (χ2n) is 3.01. The maximum atomic E-state index is 12.0. The fourth-order valence-electron chi connectivity index (χ4n) is 1.20. The van der Waals surface area contributed by atoms with Crippen molar-refractivity contribution in [3.05, 3.63) is 35.9 Å². The Hall–Kier alpha value is -0.560. The van der Waals surface area contributed by atoms with Gasteiger partial charge < -0.3 is 5.32 Å². The van der Waals surface area contributed by atoms with Crippen LogP contribution in [0.5, 0.6) is 0 Å². The van der Waals surface area contributed by atoms with Gasteiger partial charge in [0, 0.05) is 5.56 Å². The molecule has 0 spiro atoms. The summed E-state index contributed by atoms with van der Waals surface area (Å²) in [7, 11) is 2.57. The maximum Gasteiger partial charge on any atom is 0.214 e. The minimum atomic E-state index is -1.12. The fraction of sp³-hybridized carbons (Fsp3) is 0.111. The summed E-state index contributed by atoms with van der Waals surface area (Å²) in [6, 6.07) is 8.95. The quantitative estimate of drug-likeness (QED) is 0.478. The third-order valence-corrected chi connectivity index (χ3v) is 5.00. The van der Waals surface area contributed by atoms with E-state index in [0.717, 1.165) is 0 Å². The molecule has 6 heteroatoms. The van der Waals surface area contributed by atoms with E-state index in [9.17, 15) is 4.79 Å². The smallest absolute Gasteiger partial charge is 0.214 e. The van der Waals surface area contributed by atoms with Crippen molar-refractivity contribution in [2.45, 2.75) is 4.99 Å². The molecule has 1 unspecified atom stereocenters. The summed E-state index contributed by atoms with van der Waals surface area (Å²) in [5.74, 6) is -0.152. The average Bonchev–Trinajstić information content (AvgIpc) is 2.60. The third-order valence-electron chi connectivity index (χ3n) is 1.91. The Morgan fingerprint density at radius 2 is 2.07 bits per heavy atom. The molecule has 1 fully saturated rings. The van der Waals surface area contributed by atoms with Crippen molar-refractivity contribution in [1.82, 2.24) is 5.32 Å². The molecular weight excluding hydrogens is 248 g/mol. The van der Waals surface area contributed by atoms with E-state index >= 15 is 0 Å². The van der Waals surface area contributed by atoms with Crippen molar-refractivity contribution in [3.8, 4) is 0 Å². The van der Waals surface area contributed by atoms with E-state index in [0.29, 0.717) is 9.88 Å². The van der Waals surface area contributed by atoms with Gasteiger partial charge in [-0.15, -0.1) is 0 Å². The second-order valence-corrected chi connectivity index (χ2v) is 6.06. The molecule has 1 atom stereocenters. The van der Waals surface area contributed by atoms with E-state index in [-0.39, 0.29) is 5.78 Å². The summed E-state index contributed by atoms with van der Waals surface area (Å²) < 4.78 is 0.548. The molecule has 1 aliphatic heterocycles. The predicted molar refractivity (Wildman–Crippen MR) is 68.6 cm³/mol. The number of hydrogen-bond donors (Lipinski definition) is 2. The number of Topliss-reactive ketones (excluding diaryl/α,β-unsaturated/α-hetero) is 1. The molecule has 3 N–H and O–H groups in total. The van der Waals surface area contributed by atoms with Crippen LogP contribution in [0.25, 0.3) is 0 Å². The van der Waals surface area contributed by atoms with Gasteiger partial charge in [-0.1, -0.05) is 42.5 Å². The average molecular weight is 256 g/mol. The van der Waals surface area contributed by atoms with Crippen LogP contribution in [0.15, 0.2) is 30.3 Å². The monoisotopic (exact) mass is 256 g/mol. The van der Waals surface area contributed by atoms with Crippen LogP contribution in [-0.4, -0.2) is 15.1 Å². The van der Waals surface area contributed by atoms with Crippen molar-refractivity contribution < 1.29 is 4.79 Å². The lowest BCUT2D eigenvalue weighted by molar-refractivity contribution is 0.0939. The van der Waals surface area contributed by atoms with Crippen LogP contribution in [0.4, 0.5) is 0 Å². The minimum absolute atomic E-state index is 0.152. The summed E-state index contributed by atoms with van der Waals surface area (Å²) in [6.07, 6.45) is 0. The minimum Gasteiger partial charge on any atom is -0.337 e. The number of rotatable bonds is 2. The summed E-state index contributed by atoms with van der Waals surface area (Å²) in [6.45, 7) is 0. The Balaban J connectivity index is 2.25. The van der Waals surface area contributed by atoms with Gasteiger partial charge in [0.1, 0.15) is 4.32 Å². The molecule has 1 aromatic rings. The van der Waals surface area contributed by atoms with E-state index in [1.807, 2.05) is 18.2 Å². The molecule has 0 aromatic heterocycles. The Morgan fingerprint density at radius 1 is 1.40 bits per heavy atom. The van der Waals surface area contributed by atoms with Gasteiger partial charge >= 0.3 is 0 Å². The fourth-order valence-corrected chi connectivity index (χ4v) is 3.64. The lowest BCUT2D eigenvalue weighted by Gasteiger charge is -2.20. The van der Waals surface area contributed by atoms with E-state index in [4.69, 9.17) is 18.0 Å². The summed E-state index contributed by atoms with van der Waals surface area (Å²) in [5, 5.41) is 2.81. The first-order valence-corrected chi connectivity index (χ1v) is 6.74. The number of thiocarbonyl (C=S) groups is 1. The molecule has 1 aromatic carbocycles. The number of carbonyl (C=O) groups is 1. The lowest BCUT2D eigenvalue weighted by atomic mass is 10.1. The first kappa shape index (κ1) is 10.9. The van der Waals surface area contributed by atoms with Crippen LogP contribution in [0, 0.1) is 0 Å². The number of carbonyl (C=O) groups excluding carboxylic acids is 1. The lowest BCUT2D eigenvalue weighted by Crippen LogP contribution is -2.54. The highest BCUT2D eigenvalue weighted by Crippen LogP contribution is 2.39. The van der Waals surface area contributed by atoms with E-state index in [2.05, 4.69) is 5.32 Å². The first-order valence-electron chi connectivity index (χ1n) is 4.18. The van der Waals surface area contributed by atoms with Crippen molar-refractivity contribution in [3.63, 3.8) is 0 Å². The molecular formula is C9H8N2OS3. The van der Waals surface area contributed by atoms with Crippen LogP contribution < -0.4 is 11.1 Å². The van der Waals surface area contributed by atoms with Gasteiger partial charge in [0.05, 0.1) is 0 Å². The molecule has 0 bridgehead atoms. The maximum absolute atomic E-state index is 12.0. The highest BCUT2D eigenvalue weighted by Gasteiger charge is 2.41. The van der Waals surface area contributed by atoms with Crippen LogP contribution in [-0.2, 0) is 0 Å². The van der Waals surface area contributed by atoms with Gasteiger partial charge in [-0.25, -0.2) is 0 Å². The number of nitrogens with two attached hydrogens (primary N) is 1. The number of benzene rings is 1. The number of nitrogens with one attached hydrogen (secondary N) is 1. The largest absolute Gasteiger partial charge is 0.337 e. The highest BCUT2D eigenvalue weighted by atomic mass is 33.1. The molecule has 0 radical (unpaired) electrons. The van der Waals surface area contributed by atoms with Gasteiger partial charge in [-0.3, -0.25) is 10.5 Å². The summed E-state index contributed by atoms with van der Waals surface area (Å²) in [4.78, 5) is 10.9. The SMILES string of the molecule is NC1(C(=O)c2ccccc2)NC(=S)SS1. The topological polar surface area (TPSA) is 55.1 Å². The van der Waals surface area contributed by atoms with Crippen LogP contribution in [0.2, 0.25) is 0 Å². The molecule has 0 amide bonds. The summed E-state index contributed by atoms with van der Waals surface area (Å²) in [5.41, 5.74) is 6.51. The zero-order valence-electron chi connectivity index (χ0n) is 7.60. The predicted octanol–water partition coefficient (Wildman–Crippen LogP) is 1.75. The van der Waals surface area contributed by atoms with E-state index < -0.39 is 4.99 Å². The molecule has 15 heavy (non-hydrogen) atoms. The van der Waals surface area contributed by atoms with Crippen molar-refractivity contribution in [2.75, 3.05) is 0 Å². The number of ketones is 1. The molecule has 1 heterocycles. The standard InChI is InChI=1S/C9H8N2OS3/c10-9(11-8(13)14-15-9)7(12)6-4-2-1-3-5-6/h1-5H,10H2,(H,11,13). The van der Waals surface area contributed by atoms with Gasteiger partial charge in [0.25, 0.3) is 0 Å². The Kier molecular flexibility index (Phi) is 3.01. The zero-order valence-corrected chi connectivity index (χ0v) is 10.0. The molecule has 3 nitrogen and oxygen atoms in total. The third kappa shape index (κ3) is 2.17. The van der Waals surface area contributed by atoms with Gasteiger partial charge in [-0.2, -0.15) is 0 Å². The van der Waals surface area contributed by atoms with E-state index in [1.165, 1.54) is 21.6 Å². The molecule has 1 saturated heterocycles. The first-order chi connectivity index (χ1) is 7.12. The Morgan fingerprint density at radius 3 is 2.60 bits per heavy atom. The van der Waals surface area contributed by atoms with Crippen LogP contribution >= 0.6 is 33.8 Å². The van der Waals surface area contributed by atoms with E-state index in [1.54, 1.807) is 12.1 Å². The van der Waals surface area contributed by atoms with Crippen molar-refractivity contribution in [2.24, 2.45) is 5.73 Å². The van der Waals surface area contributed by atoms with Gasteiger partial charge in [-0.05, 0) is 21.6 Å². The van der Waals surface area contributed by atoms with Crippen LogP contribution in [0.3, 0.4) is 0 Å². The molecule has 1 aliphatic rings. The van der Waals surface area contributed by atoms with Gasteiger partial charge in [0.2, 0.25) is 10.8 Å². The van der Waals surface area contributed by atoms with Crippen molar-refractivity contribution >= 4 is 43.9 Å². The van der Waals surface area contributed by atoms with Crippen molar-refractivity contribution in [1.29, 1.82) is 0 Å². The summed E-state index contributed by atoms with van der Waals surface area (Å²) >= 11 is 4.94. The molecule has 2 rings (SSSR count). The van der Waals surface area contributed by atoms with Crippen LogP contribution in [0.1, 0.15) is 10.4 Å². The second kappa shape index (κ2) is 4.13. The zero-order chi connectivity index (χ0) is 10.9.